The van der Waals surface area contributed by atoms with Crippen LogP contribution in [-0.4, -0.2) is 67.9 Å². The van der Waals surface area contributed by atoms with Crippen LogP contribution < -0.4 is 15.5 Å². The molecular weight excluding hydrogens is 558 g/mol. The van der Waals surface area contributed by atoms with Crippen LogP contribution in [0.25, 0.3) is 0 Å². The molecule has 0 saturated carbocycles. The molecule has 3 amide bonds. The Hall–Kier alpha value is -5.03. The van der Waals surface area contributed by atoms with Gasteiger partial charge in [-0.25, -0.2) is 4.79 Å². The Morgan fingerprint density at radius 2 is 1.64 bits per heavy atom. The van der Waals surface area contributed by atoms with Gasteiger partial charge in [0.05, 0.1) is 24.1 Å². The first-order valence-electron chi connectivity index (χ1n) is 14.7. The number of nitrogens with one attached hydrogen (secondary N) is 2. The lowest BCUT2D eigenvalue weighted by atomic mass is 9.98. The Balaban J connectivity index is 1.10. The smallest absolute Gasteiger partial charge is 0.317 e. The van der Waals surface area contributed by atoms with E-state index in [4.69, 9.17) is 0 Å². The number of amides is 3. The second-order valence-corrected chi connectivity index (χ2v) is 11.5. The molecular formula is C33H37N7O4. The van der Waals surface area contributed by atoms with Gasteiger partial charge in [0.2, 0.25) is 0 Å². The van der Waals surface area contributed by atoms with E-state index >= 15 is 0 Å². The number of phenols is 2. The molecule has 0 atom stereocenters. The van der Waals surface area contributed by atoms with Gasteiger partial charge in [-0.3, -0.25) is 14.4 Å². The van der Waals surface area contributed by atoms with Gasteiger partial charge in [0, 0.05) is 63.5 Å². The number of urea groups is 1. The Morgan fingerprint density at radius 1 is 0.955 bits per heavy atom. The topological polar surface area (TPSA) is 126 Å². The number of aromatic nitrogens is 2. The standard InChI is InChI=1S/C33H37N7O4/c1-21-12-24(32(43)40-20-25-17-35-37(3)31(25)36-29-6-4-5-7-30(29)40)13-22(2)28(21)18-34-33(44)39-10-8-38(9-11-39)19-23-14-26(41)16-27(42)15-23/h4-7,12-17,36,41-42H,8-11,18-20H2,1-3H3,(H,34,44). The zero-order valence-corrected chi connectivity index (χ0v) is 25.2. The first-order valence-corrected chi connectivity index (χ1v) is 14.7. The fourth-order valence-electron chi connectivity index (χ4n) is 6.08. The van der Waals surface area contributed by atoms with E-state index in [1.54, 1.807) is 32.8 Å². The molecule has 0 unspecified atom stereocenters. The normalized spacial score (nSPS) is 14.8. The van der Waals surface area contributed by atoms with E-state index in [2.05, 4.69) is 20.6 Å². The number of anilines is 3. The summed E-state index contributed by atoms with van der Waals surface area (Å²) >= 11 is 0. The maximum Gasteiger partial charge on any atom is 0.317 e. The van der Waals surface area contributed by atoms with Crippen LogP contribution in [0.2, 0.25) is 0 Å². The van der Waals surface area contributed by atoms with Crippen molar-refractivity contribution in [1.82, 2.24) is 24.9 Å². The van der Waals surface area contributed by atoms with Gasteiger partial charge in [-0.05, 0) is 72.5 Å². The van der Waals surface area contributed by atoms with E-state index in [0.717, 1.165) is 45.0 Å². The summed E-state index contributed by atoms with van der Waals surface area (Å²) in [5, 5.41) is 30.4. The molecule has 4 N–H and O–H groups in total. The quantitative estimate of drug-likeness (QED) is 0.270. The molecule has 0 radical (unpaired) electrons. The summed E-state index contributed by atoms with van der Waals surface area (Å²) in [6.07, 6.45) is 1.79. The van der Waals surface area contributed by atoms with Gasteiger partial charge in [0.25, 0.3) is 5.91 Å². The summed E-state index contributed by atoms with van der Waals surface area (Å²) in [4.78, 5) is 32.8. The van der Waals surface area contributed by atoms with Gasteiger partial charge in [-0.15, -0.1) is 0 Å². The maximum atomic E-state index is 14.0. The van der Waals surface area contributed by atoms with E-state index in [-0.39, 0.29) is 23.4 Å². The molecule has 1 fully saturated rings. The summed E-state index contributed by atoms with van der Waals surface area (Å²) < 4.78 is 1.78. The number of para-hydroxylation sites is 2. The van der Waals surface area contributed by atoms with Crippen molar-refractivity contribution in [1.29, 1.82) is 0 Å². The van der Waals surface area contributed by atoms with Gasteiger partial charge >= 0.3 is 6.03 Å². The monoisotopic (exact) mass is 595 g/mol. The summed E-state index contributed by atoms with van der Waals surface area (Å²) in [6.45, 7) is 7.82. The molecule has 2 aliphatic heterocycles. The zero-order chi connectivity index (χ0) is 31.0. The number of phenolic OH excluding ortho intramolecular Hbond substituents is 2. The van der Waals surface area contributed by atoms with Crippen molar-refractivity contribution in [3.8, 4) is 11.5 Å². The van der Waals surface area contributed by atoms with E-state index in [9.17, 15) is 19.8 Å². The Bertz CT molecular complexity index is 1680. The van der Waals surface area contributed by atoms with E-state index in [1.165, 1.54) is 6.07 Å². The van der Waals surface area contributed by atoms with Crippen LogP contribution in [-0.2, 0) is 26.7 Å². The van der Waals surface area contributed by atoms with Crippen LogP contribution >= 0.6 is 0 Å². The summed E-state index contributed by atoms with van der Waals surface area (Å²) in [6, 6.07) is 16.0. The fraction of sp³-hybridized carbons (Fsp3) is 0.303. The van der Waals surface area contributed by atoms with Gasteiger partial charge in [-0.2, -0.15) is 5.10 Å². The zero-order valence-electron chi connectivity index (χ0n) is 25.2. The molecule has 3 heterocycles. The van der Waals surface area contributed by atoms with Gasteiger partial charge < -0.3 is 30.6 Å². The number of benzene rings is 3. The summed E-state index contributed by atoms with van der Waals surface area (Å²) in [5.41, 5.74) is 6.87. The molecule has 4 aromatic rings. The van der Waals surface area contributed by atoms with Crippen LogP contribution in [0.4, 0.5) is 22.0 Å². The lowest BCUT2D eigenvalue weighted by Gasteiger charge is -2.34. The van der Waals surface area contributed by atoms with Crippen LogP contribution in [0.15, 0.2) is 60.8 Å². The first-order chi connectivity index (χ1) is 21.2. The first kappa shape index (κ1) is 29.1. The number of nitrogens with zero attached hydrogens (tertiary/aromatic N) is 5. The van der Waals surface area contributed by atoms with Crippen molar-refractivity contribution in [2.24, 2.45) is 7.05 Å². The number of hydrogen-bond donors (Lipinski definition) is 4. The molecule has 6 rings (SSSR count). The fourth-order valence-corrected chi connectivity index (χ4v) is 6.08. The average Bonchev–Trinajstić information content (AvgIpc) is 3.23. The van der Waals surface area contributed by atoms with Crippen LogP contribution in [0.5, 0.6) is 11.5 Å². The lowest BCUT2D eigenvalue weighted by Crippen LogP contribution is -2.51. The molecule has 2 aliphatic rings. The highest BCUT2D eigenvalue weighted by molar-refractivity contribution is 6.08. The second kappa shape index (κ2) is 11.9. The van der Waals surface area contributed by atoms with Crippen molar-refractivity contribution in [3.05, 3.63) is 94.2 Å². The van der Waals surface area contributed by atoms with E-state index < -0.39 is 0 Å². The number of carbonyl (C=O) groups excluding carboxylic acids is 2. The number of aryl methyl sites for hydroxylation is 3. The lowest BCUT2D eigenvalue weighted by molar-refractivity contribution is 0.0985. The number of fused-ring (bicyclic) bond motifs is 2. The molecule has 0 aliphatic carbocycles. The molecule has 11 nitrogen and oxygen atoms in total. The molecule has 3 aromatic carbocycles. The Morgan fingerprint density at radius 3 is 2.34 bits per heavy atom. The SMILES string of the molecule is Cc1cc(C(=O)N2Cc3cnn(C)c3Nc3ccccc32)cc(C)c1CNC(=O)N1CCN(Cc2cc(O)cc(O)c2)CC1. The van der Waals surface area contributed by atoms with E-state index in [1.807, 2.05) is 57.3 Å². The highest BCUT2D eigenvalue weighted by Gasteiger charge is 2.27. The molecule has 11 heteroatoms. The molecule has 1 saturated heterocycles. The van der Waals surface area contributed by atoms with Crippen molar-refractivity contribution in [2.75, 3.05) is 36.4 Å². The number of hydrogen-bond acceptors (Lipinski definition) is 7. The van der Waals surface area contributed by atoms with E-state index in [0.29, 0.717) is 51.4 Å². The third-order valence-corrected chi connectivity index (χ3v) is 8.42. The highest BCUT2D eigenvalue weighted by atomic mass is 16.3. The number of carbonyl (C=O) groups is 2. The van der Waals surface area contributed by atoms with Gasteiger partial charge in [0.1, 0.15) is 17.3 Å². The molecule has 0 bridgehead atoms. The van der Waals surface area contributed by atoms with Crippen molar-refractivity contribution < 1.29 is 19.8 Å². The number of aromatic hydroxyl groups is 2. The summed E-state index contributed by atoms with van der Waals surface area (Å²) in [7, 11) is 1.88. The summed E-state index contributed by atoms with van der Waals surface area (Å²) in [5.74, 6) is 0.837. The molecule has 228 valence electrons. The Kier molecular flexibility index (Phi) is 7.88. The highest BCUT2D eigenvalue weighted by Crippen LogP contribution is 2.36. The molecule has 44 heavy (non-hydrogen) atoms. The van der Waals surface area contributed by atoms with Crippen LogP contribution in [0, 0.1) is 13.8 Å². The third-order valence-electron chi connectivity index (χ3n) is 8.42. The minimum absolute atomic E-state index is 0.0360. The van der Waals surface area contributed by atoms with Crippen LogP contribution in [0.1, 0.15) is 38.2 Å². The van der Waals surface area contributed by atoms with Crippen molar-refractivity contribution in [3.63, 3.8) is 0 Å². The predicted molar refractivity (Wildman–Crippen MR) is 168 cm³/mol. The molecule has 1 aromatic heterocycles. The van der Waals surface area contributed by atoms with Gasteiger partial charge in [-0.1, -0.05) is 12.1 Å². The molecule has 0 spiro atoms. The van der Waals surface area contributed by atoms with Crippen LogP contribution in [0.3, 0.4) is 0 Å². The number of piperazine rings is 1. The minimum Gasteiger partial charge on any atom is -0.508 e. The maximum absolute atomic E-state index is 14.0. The van der Waals surface area contributed by atoms with Crippen molar-refractivity contribution >= 4 is 29.1 Å². The third kappa shape index (κ3) is 5.91. The largest absolute Gasteiger partial charge is 0.508 e. The Labute approximate surface area is 256 Å². The number of rotatable bonds is 5. The second-order valence-electron chi connectivity index (χ2n) is 11.5. The minimum atomic E-state index is -0.125. The van der Waals surface area contributed by atoms with Crippen molar-refractivity contribution in [2.45, 2.75) is 33.5 Å². The average molecular weight is 596 g/mol. The van der Waals surface area contributed by atoms with Gasteiger partial charge in [0.15, 0.2) is 0 Å². The predicted octanol–water partition coefficient (Wildman–Crippen LogP) is 4.38.